The summed E-state index contributed by atoms with van der Waals surface area (Å²) in [5, 5.41) is 2.64. The molecule has 1 heterocycles. The van der Waals surface area contributed by atoms with Gasteiger partial charge in [-0.25, -0.2) is 8.42 Å². The third-order valence-electron chi connectivity index (χ3n) is 3.78. The first-order valence-corrected chi connectivity index (χ1v) is 8.78. The highest BCUT2D eigenvalue weighted by Gasteiger charge is 2.33. The second-order valence-electron chi connectivity index (χ2n) is 5.49. The Labute approximate surface area is 132 Å². The highest BCUT2D eigenvalue weighted by atomic mass is 32.2. The molecule has 1 aliphatic rings. The Morgan fingerprint density at radius 1 is 1.39 bits per heavy atom. The zero-order valence-electron chi connectivity index (χ0n) is 12.4. The fourth-order valence-electron chi connectivity index (χ4n) is 2.39. The van der Waals surface area contributed by atoms with Crippen LogP contribution in [0.5, 0.6) is 0 Å². The van der Waals surface area contributed by atoms with E-state index in [0.717, 1.165) is 12.1 Å². The molecule has 9 heteroatoms. The van der Waals surface area contributed by atoms with E-state index in [1.807, 2.05) is 0 Å². The lowest BCUT2D eigenvalue weighted by Crippen LogP contribution is -2.40. The number of hydrogen-bond acceptors (Lipinski definition) is 4. The largest absolute Gasteiger partial charge is 0.416 e. The molecule has 0 aliphatic carbocycles. The van der Waals surface area contributed by atoms with Crippen molar-refractivity contribution in [3.63, 3.8) is 0 Å². The van der Waals surface area contributed by atoms with Gasteiger partial charge in [0, 0.05) is 18.8 Å². The maximum Gasteiger partial charge on any atom is 0.416 e. The number of benzene rings is 1. The predicted molar refractivity (Wildman–Crippen MR) is 79.8 cm³/mol. The van der Waals surface area contributed by atoms with E-state index in [0.29, 0.717) is 6.42 Å². The molecule has 128 valence electrons. The molecule has 1 aromatic rings. The van der Waals surface area contributed by atoms with Crippen LogP contribution in [0.2, 0.25) is 0 Å². The molecule has 1 aliphatic heterocycles. The first kappa shape index (κ1) is 17.6. The van der Waals surface area contributed by atoms with Crippen LogP contribution in [0.4, 0.5) is 18.9 Å². The van der Waals surface area contributed by atoms with Crippen LogP contribution in [-0.4, -0.2) is 50.4 Å². The number of nitrogens with one attached hydrogen (secondary N) is 1. The molecule has 1 fully saturated rings. The smallest absolute Gasteiger partial charge is 0.376 e. The average Bonchev–Trinajstić information content (AvgIpc) is 2.83. The molecule has 5 nitrogen and oxygen atoms in total. The molecule has 1 N–H and O–H groups in total. The maximum absolute atomic E-state index is 12.6. The fraction of sp³-hybridized carbons (Fsp3) is 0.500. The summed E-state index contributed by atoms with van der Waals surface area (Å²) in [4.78, 5) is 13.4. The molecule has 0 saturated carbocycles. The topological polar surface area (TPSA) is 66.5 Å². The number of carbonyl (C=O) groups is 1. The summed E-state index contributed by atoms with van der Waals surface area (Å²) < 4.78 is 60.7. The van der Waals surface area contributed by atoms with Crippen LogP contribution in [0, 0.1) is 0 Å². The number of carbonyl (C=O) groups excluding carboxylic acids is 1. The molecule has 0 bridgehead atoms. The van der Waals surface area contributed by atoms with Gasteiger partial charge in [-0.1, -0.05) is 6.07 Å². The molecule has 1 aromatic carbocycles. The lowest BCUT2D eigenvalue weighted by atomic mass is 10.2. The van der Waals surface area contributed by atoms with Gasteiger partial charge in [-0.05, 0) is 24.6 Å². The minimum atomic E-state index is -4.45. The summed E-state index contributed by atoms with van der Waals surface area (Å²) in [6.45, 7) is -0.200. The number of nitrogens with zero attached hydrogens (tertiary/aromatic N) is 1. The number of amides is 1. The number of rotatable bonds is 4. The number of likely N-dealkylation sites (N-methyl/N-ethyl adjacent to an activating group) is 1. The van der Waals surface area contributed by atoms with Gasteiger partial charge in [0.25, 0.3) is 0 Å². The second-order valence-corrected chi connectivity index (χ2v) is 7.72. The Morgan fingerprint density at radius 3 is 2.65 bits per heavy atom. The average molecular weight is 350 g/mol. The molecule has 0 aromatic heterocycles. The summed E-state index contributed by atoms with van der Waals surface area (Å²) in [6.07, 6.45) is -4.06. The van der Waals surface area contributed by atoms with E-state index in [1.54, 1.807) is 0 Å². The van der Waals surface area contributed by atoms with Gasteiger partial charge in [-0.15, -0.1) is 0 Å². The van der Waals surface area contributed by atoms with Crippen molar-refractivity contribution in [3.8, 4) is 0 Å². The standard InChI is InChI=1S/C14H17F3N2O3S/c1-19(12-5-6-23(21,22)9-12)13(20)8-18-11-4-2-3-10(7-11)14(15,16)17/h2-4,7,12,18H,5-6,8-9H2,1H3. The molecule has 1 unspecified atom stereocenters. The molecule has 23 heavy (non-hydrogen) atoms. The molecular formula is C14H17F3N2O3S. The Balaban J connectivity index is 1.94. The van der Waals surface area contributed by atoms with Gasteiger partial charge in [0.15, 0.2) is 9.84 Å². The minimum Gasteiger partial charge on any atom is -0.376 e. The van der Waals surface area contributed by atoms with Crippen LogP contribution >= 0.6 is 0 Å². The van der Waals surface area contributed by atoms with Crippen molar-refractivity contribution in [2.75, 3.05) is 30.4 Å². The number of anilines is 1. The van der Waals surface area contributed by atoms with Gasteiger partial charge in [0.1, 0.15) is 0 Å². The van der Waals surface area contributed by atoms with Crippen molar-refractivity contribution in [3.05, 3.63) is 29.8 Å². The summed E-state index contributed by atoms with van der Waals surface area (Å²) in [7, 11) is -1.60. The van der Waals surface area contributed by atoms with E-state index in [-0.39, 0.29) is 35.7 Å². The molecule has 1 saturated heterocycles. The monoisotopic (exact) mass is 350 g/mol. The zero-order chi connectivity index (χ0) is 17.3. The van der Waals surface area contributed by atoms with Crippen molar-refractivity contribution in [2.24, 2.45) is 0 Å². The SMILES string of the molecule is CN(C(=O)CNc1cccc(C(F)(F)F)c1)C1CCS(=O)(=O)C1. The summed E-state index contributed by atoms with van der Waals surface area (Å²) in [5.41, 5.74) is -0.620. The van der Waals surface area contributed by atoms with Crippen LogP contribution in [0.3, 0.4) is 0 Å². The van der Waals surface area contributed by atoms with Gasteiger partial charge in [0.05, 0.1) is 23.6 Å². The van der Waals surface area contributed by atoms with Crippen LogP contribution in [-0.2, 0) is 20.8 Å². The van der Waals surface area contributed by atoms with Crippen molar-refractivity contribution in [2.45, 2.75) is 18.6 Å². The minimum absolute atomic E-state index is 0.0519. The predicted octanol–water partition coefficient (Wildman–Crippen LogP) is 1.76. The molecule has 1 atom stereocenters. The van der Waals surface area contributed by atoms with Crippen LogP contribution < -0.4 is 5.32 Å². The van der Waals surface area contributed by atoms with Crippen molar-refractivity contribution in [1.82, 2.24) is 4.90 Å². The quantitative estimate of drug-likeness (QED) is 0.899. The van der Waals surface area contributed by atoms with Gasteiger partial charge in [-0.3, -0.25) is 4.79 Å². The summed E-state index contributed by atoms with van der Waals surface area (Å²) in [5.74, 6) is -0.390. The Bertz CT molecular complexity index is 689. The molecule has 2 rings (SSSR count). The van der Waals surface area contributed by atoms with Crippen molar-refractivity contribution in [1.29, 1.82) is 0 Å². The first-order chi connectivity index (χ1) is 10.6. The van der Waals surface area contributed by atoms with Crippen molar-refractivity contribution >= 4 is 21.4 Å². The van der Waals surface area contributed by atoms with E-state index in [1.165, 1.54) is 24.1 Å². The van der Waals surface area contributed by atoms with E-state index in [9.17, 15) is 26.4 Å². The fourth-order valence-corrected chi connectivity index (χ4v) is 4.17. The van der Waals surface area contributed by atoms with E-state index >= 15 is 0 Å². The lowest BCUT2D eigenvalue weighted by molar-refractivity contribution is -0.137. The first-order valence-electron chi connectivity index (χ1n) is 6.96. The lowest BCUT2D eigenvalue weighted by Gasteiger charge is -2.23. The van der Waals surface area contributed by atoms with Gasteiger partial charge in [-0.2, -0.15) is 13.2 Å². The van der Waals surface area contributed by atoms with Crippen LogP contribution in [0.25, 0.3) is 0 Å². The van der Waals surface area contributed by atoms with Crippen LogP contribution in [0.1, 0.15) is 12.0 Å². The molecule has 0 spiro atoms. The third kappa shape index (κ3) is 4.60. The van der Waals surface area contributed by atoms with E-state index in [2.05, 4.69) is 5.32 Å². The van der Waals surface area contributed by atoms with Gasteiger partial charge >= 0.3 is 6.18 Å². The zero-order valence-corrected chi connectivity index (χ0v) is 13.2. The highest BCUT2D eigenvalue weighted by Crippen LogP contribution is 2.30. The molecular weight excluding hydrogens is 333 g/mol. The molecule has 1 amide bonds. The third-order valence-corrected chi connectivity index (χ3v) is 5.53. The highest BCUT2D eigenvalue weighted by molar-refractivity contribution is 7.91. The summed E-state index contributed by atoms with van der Waals surface area (Å²) >= 11 is 0. The van der Waals surface area contributed by atoms with Gasteiger partial charge < -0.3 is 10.2 Å². The van der Waals surface area contributed by atoms with Crippen molar-refractivity contribution < 1.29 is 26.4 Å². The number of hydrogen-bond donors (Lipinski definition) is 1. The van der Waals surface area contributed by atoms with Crippen LogP contribution in [0.15, 0.2) is 24.3 Å². The molecule has 0 radical (unpaired) electrons. The number of halogens is 3. The Morgan fingerprint density at radius 2 is 2.09 bits per heavy atom. The summed E-state index contributed by atoms with van der Waals surface area (Å²) in [6, 6.07) is 4.18. The number of alkyl halides is 3. The number of sulfone groups is 1. The maximum atomic E-state index is 12.6. The normalized spacial score (nSPS) is 20.3. The second kappa shape index (κ2) is 6.38. The Kier molecular flexibility index (Phi) is 4.88. The van der Waals surface area contributed by atoms with E-state index < -0.39 is 21.6 Å². The Hall–Kier alpha value is -1.77. The van der Waals surface area contributed by atoms with E-state index in [4.69, 9.17) is 0 Å². The van der Waals surface area contributed by atoms with Gasteiger partial charge in [0.2, 0.25) is 5.91 Å².